The van der Waals surface area contributed by atoms with Crippen molar-refractivity contribution in [2.75, 3.05) is 12.4 Å². The maximum absolute atomic E-state index is 11.5. The topological polar surface area (TPSA) is 54.3 Å². The number of nitrogens with one attached hydrogen (secondary N) is 2. The number of likely N-dealkylation sites (N-methyl/N-ethyl adjacent to an activating group) is 1. The molecule has 1 atom stereocenters. The fraction of sp³-hybridized carbons (Fsp3) is 0.267. The van der Waals surface area contributed by atoms with Gasteiger partial charge in [-0.05, 0) is 24.6 Å². The van der Waals surface area contributed by atoms with Gasteiger partial charge in [0.15, 0.2) is 0 Å². The zero-order valence-corrected chi connectivity index (χ0v) is 11.1. The van der Waals surface area contributed by atoms with Gasteiger partial charge >= 0.3 is 0 Å². The van der Waals surface area contributed by atoms with Crippen LogP contribution < -0.4 is 10.6 Å². The number of furan rings is 1. The Bertz CT molecular complexity index is 535. The number of carbonyl (C=O) groups is 1. The van der Waals surface area contributed by atoms with Gasteiger partial charge in [0, 0.05) is 18.3 Å². The van der Waals surface area contributed by atoms with Crippen LogP contribution in [0.25, 0.3) is 0 Å². The average Bonchev–Trinajstić information content (AvgIpc) is 2.95. The summed E-state index contributed by atoms with van der Waals surface area (Å²) in [6, 6.07) is 9.89. The molecule has 1 aromatic heterocycles. The van der Waals surface area contributed by atoms with Gasteiger partial charge < -0.3 is 15.1 Å². The van der Waals surface area contributed by atoms with E-state index in [1.54, 1.807) is 19.6 Å². The number of anilines is 1. The number of amides is 1. The Morgan fingerprint density at radius 2 is 2.11 bits per heavy atom. The molecule has 2 N–H and O–H groups in total. The van der Waals surface area contributed by atoms with Crippen LogP contribution in [0.1, 0.15) is 24.1 Å². The van der Waals surface area contributed by atoms with Crippen molar-refractivity contribution in [3.05, 3.63) is 54.0 Å². The molecular formula is C15H18N2O2. The molecule has 19 heavy (non-hydrogen) atoms. The monoisotopic (exact) mass is 258 g/mol. The summed E-state index contributed by atoms with van der Waals surface area (Å²) in [6.45, 7) is 2.06. The molecule has 0 radical (unpaired) electrons. The summed E-state index contributed by atoms with van der Waals surface area (Å²) in [4.78, 5) is 11.5. The van der Waals surface area contributed by atoms with Gasteiger partial charge in [-0.2, -0.15) is 0 Å². The van der Waals surface area contributed by atoms with Crippen LogP contribution in [0.2, 0.25) is 0 Å². The molecule has 4 nitrogen and oxygen atoms in total. The van der Waals surface area contributed by atoms with Crippen LogP contribution in [0.4, 0.5) is 5.69 Å². The highest BCUT2D eigenvalue weighted by Gasteiger charge is 2.10. The second-order valence-corrected chi connectivity index (χ2v) is 4.43. The Morgan fingerprint density at radius 1 is 1.32 bits per heavy atom. The third kappa shape index (κ3) is 3.37. The Labute approximate surface area is 112 Å². The molecule has 0 spiro atoms. The Kier molecular flexibility index (Phi) is 4.23. The second-order valence-electron chi connectivity index (χ2n) is 4.43. The minimum Gasteiger partial charge on any atom is -0.472 e. The van der Waals surface area contributed by atoms with E-state index >= 15 is 0 Å². The molecule has 0 aliphatic heterocycles. The number of benzene rings is 1. The van der Waals surface area contributed by atoms with Gasteiger partial charge in [0.2, 0.25) is 5.91 Å². The number of hydrogen-bond donors (Lipinski definition) is 2. The molecule has 0 saturated heterocycles. The second kappa shape index (κ2) is 6.09. The first-order valence-electron chi connectivity index (χ1n) is 6.28. The van der Waals surface area contributed by atoms with E-state index in [-0.39, 0.29) is 11.9 Å². The molecule has 4 heteroatoms. The maximum Gasteiger partial charge on any atom is 0.224 e. The van der Waals surface area contributed by atoms with Gasteiger partial charge in [-0.1, -0.05) is 18.2 Å². The Hall–Kier alpha value is -2.23. The van der Waals surface area contributed by atoms with Crippen LogP contribution in [0.5, 0.6) is 0 Å². The maximum atomic E-state index is 11.5. The van der Waals surface area contributed by atoms with Crippen LogP contribution >= 0.6 is 0 Å². The average molecular weight is 258 g/mol. The van der Waals surface area contributed by atoms with Crippen LogP contribution in [0.15, 0.2) is 47.3 Å². The molecular weight excluding hydrogens is 240 g/mol. The van der Waals surface area contributed by atoms with E-state index in [0.29, 0.717) is 6.42 Å². The van der Waals surface area contributed by atoms with Crippen molar-refractivity contribution in [2.45, 2.75) is 19.4 Å². The van der Waals surface area contributed by atoms with Crippen molar-refractivity contribution in [3.63, 3.8) is 0 Å². The highest BCUT2D eigenvalue weighted by atomic mass is 16.3. The molecule has 0 bridgehead atoms. The number of hydrogen-bond acceptors (Lipinski definition) is 3. The Morgan fingerprint density at radius 3 is 2.79 bits per heavy atom. The molecule has 2 aromatic rings. The van der Waals surface area contributed by atoms with Crippen molar-refractivity contribution in [2.24, 2.45) is 0 Å². The van der Waals surface area contributed by atoms with Crippen molar-refractivity contribution < 1.29 is 9.21 Å². The van der Waals surface area contributed by atoms with Crippen LogP contribution in [0, 0.1) is 0 Å². The van der Waals surface area contributed by atoms with Gasteiger partial charge in [0.25, 0.3) is 0 Å². The molecule has 1 aromatic carbocycles. The number of rotatable bonds is 5. The molecule has 1 unspecified atom stereocenters. The lowest BCUT2D eigenvalue weighted by Gasteiger charge is -2.16. The predicted octanol–water partition coefficient (Wildman–Crippen LogP) is 2.74. The lowest BCUT2D eigenvalue weighted by atomic mass is 10.1. The van der Waals surface area contributed by atoms with Gasteiger partial charge in [0.05, 0.1) is 25.0 Å². The minimum atomic E-state index is 0.00483. The smallest absolute Gasteiger partial charge is 0.224 e. The van der Waals surface area contributed by atoms with E-state index in [1.807, 2.05) is 30.3 Å². The summed E-state index contributed by atoms with van der Waals surface area (Å²) in [5, 5.41) is 6.04. The van der Waals surface area contributed by atoms with Gasteiger partial charge in [-0.25, -0.2) is 0 Å². The van der Waals surface area contributed by atoms with E-state index in [9.17, 15) is 4.79 Å². The van der Waals surface area contributed by atoms with Crippen molar-refractivity contribution in [3.8, 4) is 0 Å². The standard InChI is InChI=1S/C15H18N2O2/c1-11(13-7-8-19-10-13)17-14-6-4-3-5-12(14)9-15(18)16-2/h3-8,10-11,17H,9H2,1-2H3,(H,16,18). The van der Waals surface area contributed by atoms with E-state index in [2.05, 4.69) is 17.6 Å². The van der Waals surface area contributed by atoms with E-state index in [1.165, 1.54) is 0 Å². The SMILES string of the molecule is CNC(=O)Cc1ccccc1NC(C)c1ccoc1. The van der Waals surface area contributed by atoms with Crippen molar-refractivity contribution in [1.29, 1.82) is 0 Å². The van der Waals surface area contributed by atoms with Gasteiger partial charge in [-0.3, -0.25) is 4.79 Å². The molecule has 2 rings (SSSR count). The summed E-state index contributed by atoms with van der Waals surface area (Å²) in [5.41, 5.74) is 3.03. The first-order chi connectivity index (χ1) is 9.20. The molecule has 0 aliphatic carbocycles. The van der Waals surface area contributed by atoms with E-state index in [4.69, 9.17) is 4.42 Å². The summed E-state index contributed by atoms with van der Waals surface area (Å²) >= 11 is 0. The highest BCUT2D eigenvalue weighted by molar-refractivity contribution is 5.80. The molecule has 1 amide bonds. The van der Waals surface area contributed by atoms with E-state index in [0.717, 1.165) is 16.8 Å². The van der Waals surface area contributed by atoms with Crippen LogP contribution in [-0.4, -0.2) is 13.0 Å². The number of carbonyl (C=O) groups excluding carboxylic acids is 1. The van der Waals surface area contributed by atoms with Crippen molar-refractivity contribution >= 4 is 11.6 Å². The third-order valence-corrected chi connectivity index (χ3v) is 3.06. The van der Waals surface area contributed by atoms with Crippen LogP contribution in [-0.2, 0) is 11.2 Å². The largest absolute Gasteiger partial charge is 0.472 e. The summed E-state index contributed by atoms with van der Waals surface area (Å²) < 4.78 is 5.08. The summed E-state index contributed by atoms with van der Waals surface area (Å²) in [7, 11) is 1.65. The first-order valence-corrected chi connectivity index (χ1v) is 6.28. The molecule has 0 aliphatic rings. The van der Waals surface area contributed by atoms with Crippen LogP contribution in [0.3, 0.4) is 0 Å². The summed E-state index contributed by atoms with van der Waals surface area (Å²) in [6.07, 6.45) is 3.75. The van der Waals surface area contributed by atoms with Gasteiger partial charge in [-0.15, -0.1) is 0 Å². The molecule has 0 fully saturated rings. The molecule has 0 saturated carbocycles. The Balaban J connectivity index is 2.13. The normalized spacial score (nSPS) is 11.9. The molecule has 1 heterocycles. The summed E-state index contributed by atoms with van der Waals surface area (Å²) in [5.74, 6) is 0.00483. The number of para-hydroxylation sites is 1. The third-order valence-electron chi connectivity index (χ3n) is 3.06. The zero-order chi connectivity index (χ0) is 13.7. The molecule has 100 valence electrons. The fourth-order valence-electron chi connectivity index (χ4n) is 1.91. The highest BCUT2D eigenvalue weighted by Crippen LogP contribution is 2.23. The van der Waals surface area contributed by atoms with Crippen molar-refractivity contribution in [1.82, 2.24) is 5.32 Å². The van der Waals surface area contributed by atoms with Gasteiger partial charge in [0.1, 0.15) is 0 Å². The first kappa shape index (κ1) is 13.2. The van der Waals surface area contributed by atoms with E-state index < -0.39 is 0 Å². The lowest BCUT2D eigenvalue weighted by molar-refractivity contribution is -0.119. The minimum absolute atomic E-state index is 0.00483. The predicted molar refractivity (Wildman–Crippen MR) is 75.0 cm³/mol. The quantitative estimate of drug-likeness (QED) is 0.867. The fourth-order valence-corrected chi connectivity index (χ4v) is 1.91. The lowest BCUT2D eigenvalue weighted by Crippen LogP contribution is -2.20. The zero-order valence-electron chi connectivity index (χ0n) is 11.1.